The van der Waals surface area contributed by atoms with Gasteiger partial charge in [-0.1, -0.05) is 6.07 Å². The SMILES string of the molecule is CN1CCN(CCOc2c(N)cccc2C(N)=O)CC1. The number of nitrogen functional groups attached to an aromatic ring is 1. The van der Waals surface area contributed by atoms with Gasteiger partial charge in [0.2, 0.25) is 0 Å². The molecule has 0 aromatic heterocycles. The Morgan fingerprint density at radius 3 is 2.65 bits per heavy atom. The summed E-state index contributed by atoms with van der Waals surface area (Å²) in [6.45, 7) is 5.53. The molecule has 0 spiro atoms. The molecule has 2 rings (SSSR count). The fourth-order valence-corrected chi connectivity index (χ4v) is 2.26. The summed E-state index contributed by atoms with van der Waals surface area (Å²) in [5, 5.41) is 0. The lowest BCUT2D eigenvalue weighted by Crippen LogP contribution is -2.45. The molecule has 0 radical (unpaired) electrons. The number of piperazine rings is 1. The van der Waals surface area contributed by atoms with Gasteiger partial charge in [-0.25, -0.2) is 0 Å². The summed E-state index contributed by atoms with van der Waals surface area (Å²) in [6, 6.07) is 5.03. The molecule has 1 aromatic rings. The van der Waals surface area contributed by atoms with E-state index in [9.17, 15) is 4.79 Å². The smallest absolute Gasteiger partial charge is 0.252 e. The van der Waals surface area contributed by atoms with E-state index in [0.717, 1.165) is 32.7 Å². The minimum Gasteiger partial charge on any atom is -0.489 e. The number of benzene rings is 1. The topological polar surface area (TPSA) is 84.8 Å². The molecule has 1 fully saturated rings. The van der Waals surface area contributed by atoms with Crippen LogP contribution in [0.25, 0.3) is 0 Å². The highest BCUT2D eigenvalue weighted by Gasteiger charge is 2.15. The van der Waals surface area contributed by atoms with Crippen molar-refractivity contribution < 1.29 is 9.53 Å². The van der Waals surface area contributed by atoms with E-state index in [-0.39, 0.29) is 0 Å². The number of hydrogen-bond acceptors (Lipinski definition) is 5. The van der Waals surface area contributed by atoms with Gasteiger partial charge in [0, 0.05) is 32.7 Å². The van der Waals surface area contributed by atoms with Crippen molar-refractivity contribution in [1.82, 2.24) is 9.80 Å². The molecule has 1 amide bonds. The number of nitrogens with zero attached hydrogens (tertiary/aromatic N) is 2. The number of rotatable bonds is 5. The third-order valence-electron chi connectivity index (χ3n) is 3.56. The molecule has 6 heteroatoms. The lowest BCUT2D eigenvalue weighted by molar-refractivity contribution is 0.0994. The van der Waals surface area contributed by atoms with E-state index in [4.69, 9.17) is 16.2 Å². The average molecular weight is 278 g/mol. The van der Waals surface area contributed by atoms with Gasteiger partial charge in [0.05, 0.1) is 11.3 Å². The number of hydrogen-bond donors (Lipinski definition) is 2. The molecule has 20 heavy (non-hydrogen) atoms. The molecule has 1 saturated heterocycles. The van der Waals surface area contributed by atoms with Gasteiger partial charge < -0.3 is 21.1 Å². The van der Waals surface area contributed by atoms with E-state index in [2.05, 4.69) is 16.8 Å². The normalized spacial score (nSPS) is 17.1. The highest BCUT2D eigenvalue weighted by Crippen LogP contribution is 2.25. The van der Waals surface area contributed by atoms with Crippen LogP contribution in [0.15, 0.2) is 18.2 Å². The van der Waals surface area contributed by atoms with Crippen molar-refractivity contribution in [3.05, 3.63) is 23.8 Å². The van der Waals surface area contributed by atoms with Crippen molar-refractivity contribution in [3.63, 3.8) is 0 Å². The summed E-state index contributed by atoms with van der Waals surface area (Å²) < 4.78 is 5.68. The number of ether oxygens (including phenoxy) is 1. The molecule has 0 aliphatic carbocycles. The molecule has 0 saturated carbocycles. The van der Waals surface area contributed by atoms with E-state index in [1.807, 2.05) is 0 Å². The Labute approximate surface area is 119 Å². The number of carbonyl (C=O) groups excluding carboxylic acids is 1. The number of amides is 1. The maximum Gasteiger partial charge on any atom is 0.252 e. The first-order valence-electron chi connectivity index (χ1n) is 6.80. The van der Waals surface area contributed by atoms with Gasteiger partial charge in [0.1, 0.15) is 6.61 Å². The Bertz CT molecular complexity index is 470. The second kappa shape index (κ2) is 6.58. The van der Waals surface area contributed by atoms with E-state index >= 15 is 0 Å². The van der Waals surface area contributed by atoms with Crippen LogP contribution < -0.4 is 16.2 Å². The van der Waals surface area contributed by atoms with Crippen molar-refractivity contribution in [3.8, 4) is 5.75 Å². The van der Waals surface area contributed by atoms with Crippen LogP contribution in [0, 0.1) is 0 Å². The van der Waals surface area contributed by atoms with Gasteiger partial charge in [0.15, 0.2) is 5.75 Å². The third-order valence-corrected chi connectivity index (χ3v) is 3.56. The molecule has 4 N–H and O–H groups in total. The fraction of sp³-hybridized carbons (Fsp3) is 0.500. The van der Waals surface area contributed by atoms with Crippen LogP contribution in [-0.2, 0) is 0 Å². The highest BCUT2D eigenvalue weighted by atomic mass is 16.5. The molecule has 1 aromatic carbocycles. The first kappa shape index (κ1) is 14.6. The maximum atomic E-state index is 11.3. The fourth-order valence-electron chi connectivity index (χ4n) is 2.26. The molecule has 1 aliphatic heterocycles. The van der Waals surface area contributed by atoms with Gasteiger partial charge in [-0.15, -0.1) is 0 Å². The minimum absolute atomic E-state index is 0.336. The zero-order valence-corrected chi connectivity index (χ0v) is 11.8. The van der Waals surface area contributed by atoms with Crippen LogP contribution in [0.3, 0.4) is 0 Å². The van der Waals surface area contributed by atoms with Crippen molar-refractivity contribution >= 4 is 11.6 Å². The number of nitrogens with two attached hydrogens (primary N) is 2. The van der Waals surface area contributed by atoms with Crippen LogP contribution in [0.4, 0.5) is 5.69 Å². The summed E-state index contributed by atoms with van der Waals surface area (Å²) in [7, 11) is 2.12. The molecule has 1 heterocycles. The lowest BCUT2D eigenvalue weighted by Gasteiger charge is -2.32. The van der Waals surface area contributed by atoms with Crippen LogP contribution in [0.2, 0.25) is 0 Å². The van der Waals surface area contributed by atoms with E-state index < -0.39 is 5.91 Å². The van der Waals surface area contributed by atoms with Crippen molar-refractivity contribution in [2.75, 3.05) is 52.1 Å². The zero-order chi connectivity index (χ0) is 14.5. The van der Waals surface area contributed by atoms with Crippen LogP contribution in [-0.4, -0.2) is 62.1 Å². The van der Waals surface area contributed by atoms with Gasteiger partial charge in [-0.05, 0) is 19.2 Å². The minimum atomic E-state index is -0.521. The number of para-hydroxylation sites is 1. The Morgan fingerprint density at radius 1 is 1.30 bits per heavy atom. The highest BCUT2D eigenvalue weighted by molar-refractivity contribution is 5.97. The molecule has 0 atom stereocenters. The number of primary amides is 1. The second-order valence-electron chi connectivity index (χ2n) is 5.08. The Kier molecular flexibility index (Phi) is 4.81. The molecular weight excluding hydrogens is 256 g/mol. The molecule has 6 nitrogen and oxygen atoms in total. The Balaban J connectivity index is 1.89. The van der Waals surface area contributed by atoms with Crippen molar-refractivity contribution in [2.24, 2.45) is 5.73 Å². The number of anilines is 1. The largest absolute Gasteiger partial charge is 0.489 e. The Morgan fingerprint density at radius 2 is 2.00 bits per heavy atom. The lowest BCUT2D eigenvalue weighted by atomic mass is 10.1. The van der Waals surface area contributed by atoms with Gasteiger partial charge in [0.25, 0.3) is 5.91 Å². The van der Waals surface area contributed by atoms with Crippen molar-refractivity contribution in [2.45, 2.75) is 0 Å². The molecule has 110 valence electrons. The first-order chi connectivity index (χ1) is 9.58. The summed E-state index contributed by atoms with van der Waals surface area (Å²) in [5.41, 5.74) is 11.9. The first-order valence-corrected chi connectivity index (χ1v) is 6.80. The molecule has 1 aliphatic rings. The molecule has 0 bridgehead atoms. The molecule has 0 unspecified atom stereocenters. The standard InChI is InChI=1S/C14H22N4O2/c1-17-5-7-18(8-6-17)9-10-20-13-11(14(16)19)3-2-4-12(13)15/h2-4H,5-10,15H2,1H3,(H2,16,19). The average Bonchev–Trinajstić information content (AvgIpc) is 2.42. The summed E-state index contributed by atoms with van der Waals surface area (Å²) in [4.78, 5) is 16.0. The predicted octanol–water partition coefficient (Wildman–Crippen LogP) is -0.00610. The van der Waals surface area contributed by atoms with Gasteiger partial charge in [-0.3, -0.25) is 9.69 Å². The van der Waals surface area contributed by atoms with E-state index in [0.29, 0.717) is 23.6 Å². The second-order valence-corrected chi connectivity index (χ2v) is 5.08. The monoisotopic (exact) mass is 278 g/mol. The van der Waals surface area contributed by atoms with Gasteiger partial charge in [-0.2, -0.15) is 0 Å². The summed E-state index contributed by atoms with van der Waals surface area (Å²) in [6.07, 6.45) is 0. The van der Waals surface area contributed by atoms with Crippen molar-refractivity contribution in [1.29, 1.82) is 0 Å². The van der Waals surface area contributed by atoms with Crippen LogP contribution >= 0.6 is 0 Å². The molecular formula is C14H22N4O2. The summed E-state index contributed by atoms with van der Waals surface area (Å²) >= 11 is 0. The van der Waals surface area contributed by atoms with E-state index in [1.165, 1.54) is 0 Å². The predicted molar refractivity (Wildman–Crippen MR) is 78.8 cm³/mol. The number of likely N-dealkylation sites (N-methyl/N-ethyl adjacent to an activating group) is 1. The maximum absolute atomic E-state index is 11.3. The van der Waals surface area contributed by atoms with Gasteiger partial charge >= 0.3 is 0 Å². The third kappa shape index (κ3) is 3.61. The zero-order valence-electron chi connectivity index (χ0n) is 11.8. The van der Waals surface area contributed by atoms with Crippen LogP contribution in [0.5, 0.6) is 5.75 Å². The number of carbonyl (C=O) groups is 1. The van der Waals surface area contributed by atoms with Crippen LogP contribution in [0.1, 0.15) is 10.4 Å². The summed E-state index contributed by atoms with van der Waals surface area (Å²) in [5.74, 6) is -0.124. The Hall–Kier alpha value is -1.79. The van der Waals surface area contributed by atoms with E-state index in [1.54, 1.807) is 18.2 Å². The quantitative estimate of drug-likeness (QED) is 0.740.